The van der Waals surface area contributed by atoms with E-state index in [1.165, 1.54) is 11.3 Å². The van der Waals surface area contributed by atoms with E-state index in [0.717, 1.165) is 22.1 Å². The summed E-state index contributed by atoms with van der Waals surface area (Å²) in [4.78, 5) is 4.24. The molecule has 1 heterocycles. The first-order chi connectivity index (χ1) is 8.15. The van der Waals surface area contributed by atoms with Crippen molar-refractivity contribution in [1.29, 1.82) is 0 Å². The Labute approximate surface area is 104 Å². The largest absolute Gasteiger partial charge is 0.508 e. The molecule has 88 valence electrons. The van der Waals surface area contributed by atoms with Crippen molar-refractivity contribution in [2.75, 3.05) is 5.43 Å². The number of nitrogens with zero attached hydrogens (tertiary/aromatic N) is 2. The lowest BCUT2D eigenvalue weighted by atomic mass is 10.1. The third-order valence-corrected chi connectivity index (χ3v) is 3.07. The first-order valence-electron chi connectivity index (χ1n) is 5.17. The fourth-order valence-corrected chi connectivity index (χ4v) is 1.96. The number of phenols is 1. The van der Waals surface area contributed by atoms with Crippen LogP contribution < -0.4 is 5.43 Å². The van der Waals surface area contributed by atoms with Gasteiger partial charge in [0.15, 0.2) is 0 Å². The minimum atomic E-state index is 0.238. The summed E-state index contributed by atoms with van der Waals surface area (Å²) in [6, 6.07) is 6.99. The fraction of sp³-hybridized carbons (Fsp3) is 0.167. The van der Waals surface area contributed by atoms with Crippen molar-refractivity contribution in [3.05, 3.63) is 40.9 Å². The van der Waals surface area contributed by atoms with Crippen molar-refractivity contribution in [3.63, 3.8) is 0 Å². The van der Waals surface area contributed by atoms with Gasteiger partial charge in [0.25, 0.3) is 0 Å². The van der Waals surface area contributed by atoms with Gasteiger partial charge < -0.3 is 5.11 Å². The Bertz CT molecular complexity index is 548. The molecule has 4 nitrogen and oxygen atoms in total. The number of nitrogens with one attached hydrogen (secondary N) is 1. The van der Waals surface area contributed by atoms with Gasteiger partial charge >= 0.3 is 0 Å². The molecule has 0 saturated carbocycles. The van der Waals surface area contributed by atoms with Crippen molar-refractivity contribution in [3.8, 4) is 5.75 Å². The minimum Gasteiger partial charge on any atom is -0.508 e. The van der Waals surface area contributed by atoms with Crippen molar-refractivity contribution in [1.82, 2.24) is 4.98 Å². The zero-order valence-corrected chi connectivity index (χ0v) is 10.5. The lowest BCUT2D eigenvalue weighted by molar-refractivity contribution is 0.475. The number of aromatic nitrogens is 1. The van der Waals surface area contributed by atoms with Crippen LogP contribution in [0.3, 0.4) is 0 Å². The molecule has 0 aliphatic heterocycles. The second-order valence-corrected chi connectivity index (χ2v) is 4.51. The molecule has 1 aromatic heterocycles. The molecule has 5 heteroatoms. The summed E-state index contributed by atoms with van der Waals surface area (Å²) >= 11 is 1.51. The molecule has 0 fully saturated rings. The Morgan fingerprint density at radius 3 is 2.94 bits per heavy atom. The van der Waals surface area contributed by atoms with E-state index >= 15 is 0 Å². The minimum absolute atomic E-state index is 0.238. The Balaban J connectivity index is 2.12. The van der Waals surface area contributed by atoms with Crippen LogP contribution in [-0.4, -0.2) is 15.8 Å². The number of thiazole rings is 1. The average Bonchev–Trinajstić information content (AvgIpc) is 2.72. The Morgan fingerprint density at radius 1 is 1.47 bits per heavy atom. The Hall–Kier alpha value is -1.88. The number of benzene rings is 1. The van der Waals surface area contributed by atoms with E-state index in [4.69, 9.17) is 0 Å². The topological polar surface area (TPSA) is 57.5 Å². The highest BCUT2D eigenvalue weighted by molar-refractivity contribution is 7.13. The maximum absolute atomic E-state index is 9.36. The zero-order chi connectivity index (χ0) is 12.3. The third-order valence-electron chi connectivity index (χ3n) is 2.20. The van der Waals surface area contributed by atoms with Crippen molar-refractivity contribution in [2.24, 2.45) is 5.10 Å². The van der Waals surface area contributed by atoms with Gasteiger partial charge in [-0.25, -0.2) is 4.98 Å². The molecular formula is C12H13N3OS. The highest BCUT2D eigenvalue weighted by Crippen LogP contribution is 2.15. The number of aromatic hydroxyl groups is 1. The summed E-state index contributed by atoms with van der Waals surface area (Å²) < 4.78 is 0. The molecule has 0 atom stereocenters. The van der Waals surface area contributed by atoms with Crippen LogP contribution in [0.4, 0.5) is 5.13 Å². The zero-order valence-electron chi connectivity index (χ0n) is 9.64. The summed E-state index contributed by atoms with van der Waals surface area (Å²) in [6.07, 6.45) is 0. The number of rotatable bonds is 3. The molecule has 2 rings (SSSR count). The molecule has 0 saturated heterocycles. The smallest absolute Gasteiger partial charge is 0.203 e. The van der Waals surface area contributed by atoms with E-state index in [9.17, 15) is 5.11 Å². The number of aryl methyl sites for hydroxylation is 1. The van der Waals surface area contributed by atoms with Crippen molar-refractivity contribution in [2.45, 2.75) is 13.8 Å². The molecule has 2 N–H and O–H groups in total. The molecule has 0 bridgehead atoms. The second kappa shape index (κ2) is 4.97. The predicted molar refractivity (Wildman–Crippen MR) is 70.8 cm³/mol. The number of hydrogen-bond acceptors (Lipinski definition) is 5. The number of hydrazone groups is 1. The second-order valence-electron chi connectivity index (χ2n) is 3.65. The molecule has 0 unspecified atom stereocenters. The number of phenolic OH excluding ortho intramolecular Hbond substituents is 1. The van der Waals surface area contributed by atoms with Crippen LogP contribution in [0.5, 0.6) is 5.75 Å². The van der Waals surface area contributed by atoms with Crippen LogP contribution in [0.15, 0.2) is 34.7 Å². The molecule has 0 aliphatic carbocycles. The van der Waals surface area contributed by atoms with Gasteiger partial charge in [-0.15, -0.1) is 11.3 Å². The Kier molecular flexibility index (Phi) is 3.39. The maximum atomic E-state index is 9.36. The van der Waals surface area contributed by atoms with E-state index in [1.54, 1.807) is 18.2 Å². The van der Waals surface area contributed by atoms with Crippen LogP contribution in [0.2, 0.25) is 0 Å². The van der Waals surface area contributed by atoms with E-state index in [-0.39, 0.29) is 5.75 Å². The maximum Gasteiger partial charge on any atom is 0.203 e. The summed E-state index contributed by atoms with van der Waals surface area (Å²) in [5.41, 5.74) is 5.55. The van der Waals surface area contributed by atoms with Gasteiger partial charge in [-0.1, -0.05) is 12.1 Å². The molecule has 17 heavy (non-hydrogen) atoms. The lowest BCUT2D eigenvalue weighted by Gasteiger charge is -2.01. The van der Waals surface area contributed by atoms with Gasteiger partial charge in [0.05, 0.1) is 11.4 Å². The summed E-state index contributed by atoms with van der Waals surface area (Å²) in [6.45, 7) is 3.82. The predicted octanol–water partition coefficient (Wildman–Crippen LogP) is 2.99. The third kappa shape index (κ3) is 3.04. The standard InChI is InChI=1S/C12H13N3OS/c1-8-7-17-12(13-8)15-14-9(2)10-4-3-5-11(16)6-10/h3-7,16H,1-2H3,(H,13,15)/b14-9-. The summed E-state index contributed by atoms with van der Waals surface area (Å²) in [5, 5.41) is 16.3. The van der Waals surface area contributed by atoms with E-state index in [0.29, 0.717) is 0 Å². The monoisotopic (exact) mass is 247 g/mol. The van der Waals surface area contributed by atoms with Crippen molar-refractivity contribution < 1.29 is 5.11 Å². The van der Waals surface area contributed by atoms with Gasteiger partial charge in [-0.3, -0.25) is 5.43 Å². The first kappa shape index (κ1) is 11.6. The highest BCUT2D eigenvalue weighted by Gasteiger charge is 2.00. The van der Waals surface area contributed by atoms with Gasteiger partial charge in [0.1, 0.15) is 5.75 Å². The molecule has 1 aromatic carbocycles. The van der Waals surface area contributed by atoms with Crippen LogP contribution in [0, 0.1) is 6.92 Å². The lowest BCUT2D eigenvalue weighted by Crippen LogP contribution is -1.99. The normalized spacial score (nSPS) is 11.5. The first-order valence-corrected chi connectivity index (χ1v) is 6.05. The average molecular weight is 247 g/mol. The highest BCUT2D eigenvalue weighted by atomic mass is 32.1. The number of hydrogen-bond donors (Lipinski definition) is 2. The molecule has 0 spiro atoms. The van der Waals surface area contributed by atoms with Crippen LogP contribution >= 0.6 is 11.3 Å². The van der Waals surface area contributed by atoms with E-state index in [2.05, 4.69) is 15.5 Å². The van der Waals surface area contributed by atoms with E-state index in [1.807, 2.05) is 25.3 Å². The number of anilines is 1. The molecular weight excluding hydrogens is 234 g/mol. The summed E-state index contributed by atoms with van der Waals surface area (Å²) in [7, 11) is 0. The van der Waals surface area contributed by atoms with Gasteiger partial charge in [0.2, 0.25) is 5.13 Å². The molecule has 0 aliphatic rings. The van der Waals surface area contributed by atoms with Crippen molar-refractivity contribution >= 4 is 22.2 Å². The Morgan fingerprint density at radius 2 is 2.29 bits per heavy atom. The van der Waals surface area contributed by atoms with Gasteiger partial charge in [-0.05, 0) is 26.0 Å². The quantitative estimate of drug-likeness (QED) is 0.647. The molecule has 2 aromatic rings. The van der Waals surface area contributed by atoms with Gasteiger partial charge in [-0.2, -0.15) is 5.10 Å². The molecule has 0 amide bonds. The van der Waals surface area contributed by atoms with Crippen LogP contribution in [0.25, 0.3) is 0 Å². The fourth-order valence-electron chi connectivity index (χ4n) is 1.33. The van der Waals surface area contributed by atoms with Gasteiger partial charge in [0, 0.05) is 10.9 Å². The SMILES string of the molecule is C/C(=N/Nc1nc(C)cs1)c1cccc(O)c1. The van der Waals surface area contributed by atoms with Crippen LogP contribution in [0.1, 0.15) is 18.2 Å². The van der Waals surface area contributed by atoms with E-state index < -0.39 is 0 Å². The van der Waals surface area contributed by atoms with Crippen LogP contribution in [-0.2, 0) is 0 Å². The molecule has 0 radical (unpaired) electrons. The summed E-state index contributed by atoms with van der Waals surface area (Å²) in [5.74, 6) is 0.238.